The van der Waals surface area contributed by atoms with Crippen LogP contribution in [0.3, 0.4) is 0 Å². The van der Waals surface area contributed by atoms with Crippen LogP contribution in [0.4, 0.5) is 0 Å². The molecular formula is C13H21NO4S. The van der Waals surface area contributed by atoms with Gasteiger partial charge >= 0.3 is 5.97 Å². The van der Waals surface area contributed by atoms with Crippen molar-refractivity contribution in [2.45, 2.75) is 50.8 Å². The molecule has 0 bridgehead atoms. The van der Waals surface area contributed by atoms with Crippen LogP contribution in [0.5, 0.6) is 0 Å². The van der Waals surface area contributed by atoms with E-state index in [4.69, 9.17) is 4.74 Å². The Balaban J connectivity index is 1.69. The maximum atomic E-state index is 12.0. The summed E-state index contributed by atoms with van der Waals surface area (Å²) in [6, 6.07) is -0.0787. The summed E-state index contributed by atoms with van der Waals surface area (Å²) in [5.74, 6) is -0.0135. The van der Waals surface area contributed by atoms with Crippen molar-refractivity contribution in [2.75, 3.05) is 6.61 Å². The van der Waals surface area contributed by atoms with Crippen LogP contribution in [0.1, 0.15) is 39.5 Å². The fraction of sp³-hybridized carbons (Fsp3) is 0.923. The fourth-order valence-corrected chi connectivity index (χ4v) is 5.16. The van der Waals surface area contributed by atoms with Crippen LogP contribution in [0, 0.1) is 17.3 Å². The quantitative estimate of drug-likeness (QED) is 0.767. The summed E-state index contributed by atoms with van der Waals surface area (Å²) in [4.78, 5) is 11.9. The van der Waals surface area contributed by atoms with E-state index in [1.165, 1.54) is 0 Å². The second-order valence-electron chi connectivity index (χ2n) is 6.33. The van der Waals surface area contributed by atoms with Gasteiger partial charge in [0.15, 0.2) is 0 Å². The lowest BCUT2D eigenvalue weighted by molar-refractivity contribution is -0.150. The minimum atomic E-state index is -3.17. The van der Waals surface area contributed by atoms with Gasteiger partial charge < -0.3 is 4.74 Å². The van der Waals surface area contributed by atoms with Crippen LogP contribution in [-0.4, -0.2) is 32.3 Å². The van der Waals surface area contributed by atoms with Crippen LogP contribution in [0.2, 0.25) is 0 Å². The number of carbonyl (C=O) groups is 1. The molecule has 4 atom stereocenters. The highest BCUT2D eigenvalue weighted by Gasteiger charge is 2.67. The van der Waals surface area contributed by atoms with Crippen LogP contribution < -0.4 is 4.72 Å². The van der Waals surface area contributed by atoms with E-state index >= 15 is 0 Å². The average molecular weight is 287 g/mol. The Morgan fingerprint density at radius 2 is 2.11 bits per heavy atom. The normalized spacial score (nSPS) is 40.8. The van der Waals surface area contributed by atoms with E-state index in [2.05, 4.69) is 11.6 Å². The SMILES string of the molecule is CCOC(=O)[C@@H]1CC(NS(=O)(=O)C2CC2)[C@@H]2C[C@]12C. The van der Waals surface area contributed by atoms with E-state index in [-0.39, 0.29) is 28.6 Å². The largest absolute Gasteiger partial charge is 0.466 e. The first-order chi connectivity index (χ1) is 8.88. The van der Waals surface area contributed by atoms with E-state index in [0.717, 1.165) is 19.3 Å². The Kier molecular flexibility index (Phi) is 2.94. The zero-order chi connectivity index (χ0) is 13.8. The van der Waals surface area contributed by atoms with Gasteiger partial charge in [0, 0.05) is 6.04 Å². The van der Waals surface area contributed by atoms with Gasteiger partial charge in [0.05, 0.1) is 17.8 Å². The predicted molar refractivity (Wildman–Crippen MR) is 69.8 cm³/mol. The van der Waals surface area contributed by atoms with Gasteiger partial charge in [0.2, 0.25) is 10.0 Å². The summed E-state index contributed by atoms with van der Waals surface area (Å²) >= 11 is 0. The van der Waals surface area contributed by atoms with E-state index < -0.39 is 10.0 Å². The number of hydrogen-bond acceptors (Lipinski definition) is 4. The maximum Gasteiger partial charge on any atom is 0.309 e. The Morgan fingerprint density at radius 1 is 1.42 bits per heavy atom. The zero-order valence-corrected chi connectivity index (χ0v) is 12.2. The average Bonchev–Trinajstić information content (AvgIpc) is 3.19. The van der Waals surface area contributed by atoms with Gasteiger partial charge in [-0.2, -0.15) is 0 Å². The van der Waals surface area contributed by atoms with Crippen molar-refractivity contribution in [2.24, 2.45) is 17.3 Å². The lowest BCUT2D eigenvalue weighted by Gasteiger charge is -2.18. The number of hydrogen-bond donors (Lipinski definition) is 1. The van der Waals surface area contributed by atoms with Crippen molar-refractivity contribution >= 4 is 16.0 Å². The highest BCUT2D eigenvalue weighted by Crippen LogP contribution is 2.66. The van der Waals surface area contributed by atoms with Crippen molar-refractivity contribution in [3.8, 4) is 0 Å². The van der Waals surface area contributed by atoms with Crippen molar-refractivity contribution in [1.29, 1.82) is 0 Å². The van der Waals surface area contributed by atoms with E-state index in [1.54, 1.807) is 6.92 Å². The highest BCUT2D eigenvalue weighted by molar-refractivity contribution is 7.90. The third kappa shape index (κ3) is 2.18. The minimum Gasteiger partial charge on any atom is -0.466 e. The molecule has 0 amide bonds. The molecule has 0 radical (unpaired) electrons. The standard InChI is InChI=1S/C13H21NO4S/c1-3-18-12(15)9-6-11(10-7-13(9,10)2)14-19(16,17)8-4-5-8/h8-11,14H,3-7H2,1-2H3/t9-,10-,11?,13+/m0/s1. The summed E-state index contributed by atoms with van der Waals surface area (Å²) in [6.45, 7) is 4.26. The molecule has 5 nitrogen and oxygen atoms in total. The molecule has 0 aliphatic heterocycles. The lowest BCUT2D eigenvalue weighted by Crippen LogP contribution is -2.38. The number of ether oxygens (including phenoxy) is 1. The summed E-state index contributed by atoms with van der Waals surface area (Å²) < 4.78 is 31.9. The molecule has 0 spiro atoms. The van der Waals surface area contributed by atoms with Crippen LogP contribution in [0.25, 0.3) is 0 Å². The van der Waals surface area contributed by atoms with Gasteiger partial charge in [-0.15, -0.1) is 0 Å². The number of sulfonamides is 1. The van der Waals surface area contributed by atoms with Crippen LogP contribution >= 0.6 is 0 Å². The van der Waals surface area contributed by atoms with Crippen molar-refractivity contribution in [3.63, 3.8) is 0 Å². The third-order valence-electron chi connectivity index (χ3n) is 4.97. The van der Waals surface area contributed by atoms with Gasteiger partial charge in [0.1, 0.15) is 0 Å². The predicted octanol–water partition coefficient (Wildman–Crippen LogP) is 1.05. The number of esters is 1. The summed E-state index contributed by atoms with van der Waals surface area (Å²) in [7, 11) is -3.17. The number of nitrogens with one attached hydrogen (secondary N) is 1. The van der Waals surface area contributed by atoms with Crippen LogP contribution in [0.15, 0.2) is 0 Å². The zero-order valence-electron chi connectivity index (χ0n) is 11.4. The molecule has 3 rings (SSSR count). The van der Waals surface area contributed by atoms with Crippen molar-refractivity contribution < 1.29 is 17.9 Å². The minimum absolute atomic E-state index is 0.0526. The molecule has 1 unspecified atom stereocenters. The second kappa shape index (κ2) is 4.19. The molecule has 108 valence electrons. The molecule has 3 aliphatic carbocycles. The fourth-order valence-electron chi connectivity index (χ4n) is 3.53. The summed E-state index contributed by atoms with van der Waals surface area (Å²) in [6.07, 6.45) is 3.05. The molecule has 6 heteroatoms. The van der Waals surface area contributed by atoms with E-state index in [1.807, 2.05) is 0 Å². The Labute approximate surface area is 114 Å². The smallest absolute Gasteiger partial charge is 0.309 e. The summed E-state index contributed by atoms with van der Waals surface area (Å²) in [5.41, 5.74) is -0.0526. The number of rotatable bonds is 5. The molecule has 3 aliphatic rings. The van der Waals surface area contributed by atoms with Crippen molar-refractivity contribution in [1.82, 2.24) is 4.72 Å². The molecule has 0 aromatic carbocycles. The number of carbonyl (C=O) groups excluding carboxylic acids is 1. The number of fused-ring (bicyclic) bond motifs is 1. The Bertz CT molecular complexity index is 499. The maximum absolute atomic E-state index is 12.0. The van der Waals surface area contributed by atoms with Gasteiger partial charge in [-0.25, -0.2) is 13.1 Å². The first-order valence-electron chi connectivity index (χ1n) is 7.06. The van der Waals surface area contributed by atoms with Gasteiger partial charge in [-0.1, -0.05) is 6.92 Å². The third-order valence-corrected chi connectivity index (χ3v) is 6.95. The molecule has 0 aromatic rings. The highest BCUT2D eigenvalue weighted by atomic mass is 32.2. The monoisotopic (exact) mass is 287 g/mol. The second-order valence-corrected chi connectivity index (χ2v) is 8.32. The molecule has 0 aromatic heterocycles. The molecule has 3 fully saturated rings. The summed E-state index contributed by atoms with van der Waals surface area (Å²) in [5, 5.41) is -0.195. The molecule has 0 heterocycles. The van der Waals surface area contributed by atoms with E-state index in [9.17, 15) is 13.2 Å². The molecule has 19 heavy (non-hydrogen) atoms. The molecular weight excluding hydrogens is 266 g/mol. The molecule has 0 saturated heterocycles. The topological polar surface area (TPSA) is 72.5 Å². The molecule has 1 N–H and O–H groups in total. The lowest BCUT2D eigenvalue weighted by atomic mass is 9.92. The van der Waals surface area contributed by atoms with Crippen LogP contribution in [-0.2, 0) is 19.6 Å². The first-order valence-corrected chi connectivity index (χ1v) is 8.61. The van der Waals surface area contributed by atoms with Gasteiger partial charge in [-0.3, -0.25) is 4.79 Å². The first kappa shape index (κ1) is 13.4. The Morgan fingerprint density at radius 3 is 2.68 bits per heavy atom. The van der Waals surface area contributed by atoms with Crippen molar-refractivity contribution in [3.05, 3.63) is 0 Å². The Hall–Kier alpha value is -0.620. The van der Waals surface area contributed by atoms with E-state index in [0.29, 0.717) is 18.9 Å². The van der Waals surface area contributed by atoms with Gasteiger partial charge in [0.25, 0.3) is 0 Å². The molecule has 3 saturated carbocycles. The van der Waals surface area contributed by atoms with Gasteiger partial charge in [-0.05, 0) is 43.9 Å².